The first-order chi connectivity index (χ1) is 15.0. The fourth-order valence-electron chi connectivity index (χ4n) is 3.25. The third-order valence-corrected chi connectivity index (χ3v) is 5.11. The van der Waals surface area contributed by atoms with Gasteiger partial charge < -0.3 is 20.3 Å². The molecule has 3 N–H and O–H groups in total. The molecule has 32 heavy (non-hydrogen) atoms. The highest BCUT2D eigenvalue weighted by Crippen LogP contribution is 2.34. The van der Waals surface area contributed by atoms with E-state index in [1.54, 1.807) is 0 Å². The van der Waals surface area contributed by atoms with Gasteiger partial charge in [-0.05, 0) is 60.8 Å². The van der Waals surface area contributed by atoms with Gasteiger partial charge in [-0.2, -0.15) is 8.78 Å². The van der Waals surface area contributed by atoms with Gasteiger partial charge in [-0.3, -0.25) is 9.59 Å². The third-order valence-electron chi connectivity index (χ3n) is 5.11. The molecule has 1 aliphatic heterocycles. The molecule has 0 radical (unpaired) electrons. The Morgan fingerprint density at radius 1 is 1.09 bits per heavy atom. The molecule has 3 rings (SSSR count). The molecule has 11 heteroatoms. The Morgan fingerprint density at radius 3 is 2.38 bits per heavy atom. The van der Waals surface area contributed by atoms with Gasteiger partial charge in [0.1, 0.15) is 11.6 Å². The van der Waals surface area contributed by atoms with Crippen molar-refractivity contribution in [3.05, 3.63) is 76.3 Å². The summed E-state index contributed by atoms with van der Waals surface area (Å²) < 4.78 is 57.4. The van der Waals surface area contributed by atoms with Crippen LogP contribution in [0.15, 0.2) is 47.9 Å². The Morgan fingerprint density at radius 2 is 1.78 bits per heavy atom. The van der Waals surface area contributed by atoms with E-state index in [2.05, 4.69) is 5.32 Å². The number of alkyl halides is 2. The van der Waals surface area contributed by atoms with Gasteiger partial charge in [0.25, 0.3) is 11.8 Å². The maximum atomic E-state index is 14.9. The average molecular weight is 450 g/mol. The smallest absolute Gasteiger partial charge is 0.423 e. The van der Waals surface area contributed by atoms with Crippen molar-refractivity contribution in [1.82, 2.24) is 4.90 Å². The van der Waals surface area contributed by atoms with Crippen molar-refractivity contribution >= 4 is 24.6 Å². The number of hydrogen-bond acceptors (Lipinski definition) is 4. The second kappa shape index (κ2) is 9.13. The molecule has 168 valence electrons. The molecule has 0 aliphatic carbocycles. The first-order valence-corrected chi connectivity index (χ1v) is 9.60. The molecule has 0 saturated carbocycles. The van der Waals surface area contributed by atoms with Crippen molar-refractivity contribution in [2.24, 2.45) is 0 Å². The molecule has 6 nitrogen and oxygen atoms in total. The maximum Gasteiger partial charge on any atom is 0.483 e. The SMILES string of the molecule is Cc1cc(NC(=O)c2ccc(F)c(C(F)(F)C(=O)N3CC=C(B(O)O)CC3)c2)ccc1F. The molecular formula is C21H19BF4N2O4. The summed E-state index contributed by atoms with van der Waals surface area (Å²) in [6, 6.07) is 6.01. The maximum absolute atomic E-state index is 14.9. The van der Waals surface area contributed by atoms with Crippen LogP contribution in [0.4, 0.5) is 23.2 Å². The summed E-state index contributed by atoms with van der Waals surface area (Å²) in [5.41, 5.74) is -0.919. The summed E-state index contributed by atoms with van der Waals surface area (Å²) in [6.07, 6.45) is 1.22. The van der Waals surface area contributed by atoms with Crippen LogP contribution in [-0.2, 0) is 10.7 Å². The molecule has 2 aromatic carbocycles. The van der Waals surface area contributed by atoms with Gasteiger partial charge in [0.15, 0.2) is 0 Å². The van der Waals surface area contributed by atoms with Crippen molar-refractivity contribution in [1.29, 1.82) is 0 Å². The number of anilines is 1. The second-order valence-electron chi connectivity index (χ2n) is 7.34. The normalized spacial score (nSPS) is 14.1. The molecule has 2 amide bonds. The van der Waals surface area contributed by atoms with E-state index < -0.39 is 42.1 Å². The van der Waals surface area contributed by atoms with Crippen molar-refractivity contribution in [2.45, 2.75) is 19.3 Å². The van der Waals surface area contributed by atoms with Crippen molar-refractivity contribution in [2.75, 3.05) is 18.4 Å². The number of carbonyl (C=O) groups is 2. The van der Waals surface area contributed by atoms with Gasteiger partial charge in [0.05, 0.1) is 5.56 Å². The molecule has 0 aromatic heterocycles. The van der Waals surface area contributed by atoms with Crippen LogP contribution in [0.3, 0.4) is 0 Å². The lowest BCUT2D eigenvalue weighted by molar-refractivity contribution is -0.159. The molecule has 2 aromatic rings. The standard InChI is InChI=1S/C21H19BF4N2O4/c1-12-10-15(3-5-17(12)23)27-19(29)13-2-4-18(24)16(11-13)21(25,26)20(30)28-8-6-14(7-9-28)22(31)32/h2-6,10-11,31-32H,7-9H2,1H3,(H,27,29). The first-order valence-electron chi connectivity index (χ1n) is 9.60. The van der Waals surface area contributed by atoms with Crippen LogP contribution in [0.2, 0.25) is 0 Å². The van der Waals surface area contributed by atoms with E-state index in [0.29, 0.717) is 12.1 Å². The van der Waals surface area contributed by atoms with Gasteiger partial charge in [0.2, 0.25) is 0 Å². The van der Waals surface area contributed by atoms with Gasteiger partial charge in [-0.25, -0.2) is 8.78 Å². The molecule has 1 heterocycles. The predicted octanol–water partition coefficient (Wildman–Crippen LogP) is 2.79. The first kappa shape index (κ1) is 23.5. The van der Waals surface area contributed by atoms with E-state index in [1.807, 2.05) is 0 Å². The zero-order valence-electron chi connectivity index (χ0n) is 16.9. The largest absolute Gasteiger partial charge is 0.483 e. The average Bonchev–Trinajstić information content (AvgIpc) is 2.76. The highest BCUT2D eigenvalue weighted by molar-refractivity contribution is 6.50. The number of carbonyl (C=O) groups excluding carboxylic acids is 2. The molecular weight excluding hydrogens is 431 g/mol. The number of halogens is 4. The summed E-state index contributed by atoms with van der Waals surface area (Å²) in [7, 11) is -1.75. The Balaban J connectivity index is 1.82. The fourth-order valence-corrected chi connectivity index (χ4v) is 3.25. The third kappa shape index (κ3) is 4.84. The Labute approximate surface area is 181 Å². The van der Waals surface area contributed by atoms with Crippen LogP contribution in [0.1, 0.15) is 27.9 Å². The van der Waals surface area contributed by atoms with Gasteiger partial charge >= 0.3 is 13.0 Å². The summed E-state index contributed by atoms with van der Waals surface area (Å²) in [5, 5.41) is 20.7. The van der Waals surface area contributed by atoms with E-state index in [0.717, 1.165) is 17.0 Å². The second-order valence-corrected chi connectivity index (χ2v) is 7.34. The number of hydrogen-bond donors (Lipinski definition) is 3. The van der Waals surface area contributed by atoms with E-state index >= 15 is 0 Å². The molecule has 0 atom stereocenters. The number of amides is 2. The Hall–Kier alpha value is -3.18. The highest BCUT2D eigenvalue weighted by atomic mass is 19.3. The lowest BCUT2D eigenvalue weighted by Crippen LogP contribution is -2.45. The van der Waals surface area contributed by atoms with Crippen LogP contribution in [0.5, 0.6) is 0 Å². The molecule has 0 unspecified atom stereocenters. The van der Waals surface area contributed by atoms with Crippen LogP contribution in [-0.4, -0.2) is 47.0 Å². The minimum absolute atomic E-state index is 0.0263. The van der Waals surface area contributed by atoms with Gasteiger partial charge in [-0.15, -0.1) is 0 Å². The minimum atomic E-state index is -4.27. The molecule has 0 fully saturated rings. The number of benzene rings is 2. The molecule has 0 bridgehead atoms. The molecule has 0 saturated heterocycles. The fraction of sp³-hybridized carbons (Fsp3) is 0.238. The number of aryl methyl sites for hydroxylation is 1. The Bertz CT molecular complexity index is 1090. The summed E-state index contributed by atoms with van der Waals surface area (Å²) in [5.74, 6) is -8.64. The lowest BCUT2D eigenvalue weighted by Gasteiger charge is -2.30. The minimum Gasteiger partial charge on any atom is -0.423 e. The number of rotatable bonds is 5. The molecule has 1 aliphatic rings. The highest BCUT2D eigenvalue weighted by Gasteiger charge is 2.46. The lowest BCUT2D eigenvalue weighted by atomic mass is 9.76. The van der Waals surface area contributed by atoms with E-state index in [1.165, 1.54) is 25.1 Å². The summed E-state index contributed by atoms with van der Waals surface area (Å²) in [6.45, 7) is 0.976. The zero-order valence-corrected chi connectivity index (χ0v) is 16.9. The van der Waals surface area contributed by atoms with E-state index in [9.17, 15) is 27.2 Å². The van der Waals surface area contributed by atoms with E-state index in [4.69, 9.17) is 10.0 Å². The van der Waals surface area contributed by atoms with Crippen LogP contribution < -0.4 is 5.32 Å². The van der Waals surface area contributed by atoms with Crippen LogP contribution in [0, 0.1) is 18.6 Å². The van der Waals surface area contributed by atoms with E-state index in [-0.39, 0.29) is 41.8 Å². The van der Waals surface area contributed by atoms with Crippen molar-refractivity contribution < 1.29 is 37.2 Å². The van der Waals surface area contributed by atoms with Gasteiger partial charge in [0, 0.05) is 24.3 Å². The summed E-state index contributed by atoms with van der Waals surface area (Å²) >= 11 is 0. The Kier molecular flexibility index (Phi) is 6.70. The van der Waals surface area contributed by atoms with Crippen molar-refractivity contribution in [3.8, 4) is 0 Å². The number of nitrogens with zero attached hydrogens (tertiary/aromatic N) is 1. The zero-order chi connectivity index (χ0) is 23.6. The van der Waals surface area contributed by atoms with Crippen LogP contribution in [0.25, 0.3) is 0 Å². The topological polar surface area (TPSA) is 89.9 Å². The summed E-state index contributed by atoms with van der Waals surface area (Å²) in [4.78, 5) is 25.6. The molecule has 0 spiro atoms. The number of nitrogens with one attached hydrogen (secondary N) is 1. The monoisotopic (exact) mass is 450 g/mol. The van der Waals surface area contributed by atoms with Gasteiger partial charge in [-0.1, -0.05) is 6.08 Å². The van der Waals surface area contributed by atoms with Crippen molar-refractivity contribution in [3.63, 3.8) is 0 Å². The predicted molar refractivity (Wildman–Crippen MR) is 109 cm³/mol. The quantitative estimate of drug-likeness (QED) is 0.483. The van der Waals surface area contributed by atoms with Crippen LogP contribution >= 0.6 is 0 Å².